The molecule has 0 radical (unpaired) electrons. The van der Waals surface area contributed by atoms with Gasteiger partial charge in [0, 0.05) is 0 Å². The number of hydrogen-bond donors (Lipinski definition) is 0. The molecule has 13 heavy (non-hydrogen) atoms. The molecule has 0 spiro atoms. The van der Waals surface area contributed by atoms with Crippen LogP contribution in [0.3, 0.4) is 0 Å². The van der Waals surface area contributed by atoms with Gasteiger partial charge in [-0.25, -0.2) is 0 Å². The summed E-state index contributed by atoms with van der Waals surface area (Å²) in [5.41, 5.74) is -0.0722. The van der Waals surface area contributed by atoms with Gasteiger partial charge in [0.2, 0.25) is 0 Å². The first kappa shape index (κ1) is 12.9. The Morgan fingerprint density at radius 3 is 2.08 bits per heavy atom. The average Bonchev–Trinajstić information content (AvgIpc) is 1.79. The maximum absolute atomic E-state index is 10.7. The molecule has 0 saturated carbocycles. The van der Waals surface area contributed by atoms with Gasteiger partial charge in [-0.3, -0.25) is 4.18 Å². The second-order valence-electron chi connectivity index (χ2n) is 4.73. The van der Waals surface area contributed by atoms with Crippen molar-refractivity contribution in [2.45, 2.75) is 34.1 Å². The van der Waals surface area contributed by atoms with E-state index in [0.717, 1.165) is 12.7 Å². The van der Waals surface area contributed by atoms with E-state index in [-0.39, 0.29) is 12.0 Å². The van der Waals surface area contributed by atoms with E-state index >= 15 is 0 Å². The highest BCUT2D eigenvalue weighted by molar-refractivity contribution is 7.85. The summed E-state index contributed by atoms with van der Waals surface area (Å²) < 4.78 is 26.3. The van der Waals surface area contributed by atoms with Crippen LogP contribution in [0.2, 0.25) is 0 Å². The summed E-state index contributed by atoms with van der Waals surface area (Å²) in [6, 6.07) is 0. The molecule has 80 valence electrons. The van der Waals surface area contributed by atoms with Gasteiger partial charge in [-0.2, -0.15) is 8.42 Å². The minimum absolute atomic E-state index is 0.0722. The van der Waals surface area contributed by atoms with Gasteiger partial charge in [-0.15, -0.1) is 0 Å². The summed E-state index contributed by atoms with van der Waals surface area (Å²) in [5, 5.41) is 0. The van der Waals surface area contributed by atoms with Crippen LogP contribution in [0.25, 0.3) is 0 Å². The highest BCUT2D eigenvalue weighted by Crippen LogP contribution is 2.25. The predicted molar refractivity (Wildman–Crippen MR) is 54.0 cm³/mol. The summed E-state index contributed by atoms with van der Waals surface area (Å²) in [4.78, 5) is 0. The number of hydrogen-bond acceptors (Lipinski definition) is 3. The summed E-state index contributed by atoms with van der Waals surface area (Å²) in [6.07, 6.45) is 2.04. The van der Waals surface area contributed by atoms with Gasteiger partial charge in [0.25, 0.3) is 10.1 Å². The van der Waals surface area contributed by atoms with Crippen LogP contribution in [-0.4, -0.2) is 21.3 Å². The van der Waals surface area contributed by atoms with E-state index in [1.807, 2.05) is 13.8 Å². The normalized spacial score (nSPS) is 13.7. The van der Waals surface area contributed by atoms with Crippen LogP contribution in [0.15, 0.2) is 0 Å². The molecular formula is C9H20O3S. The molecule has 0 aromatic carbocycles. The molecule has 0 heterocycles. The molecule has 0 atom stereocenters. The van der Waals surface area contributed by atoms with Crippen molar-refractivity contribution in [3.63, 3.8) is 0 Å². The van der Waals surface area contributed by atoms with Gasteiger partial charge in [-0.05, 0) is 17.8 Å². The molecule has 0 unspecified atom stereocenters. The molecule has 0 bridgehead atoms. The van der Waals surface area contributed by atoms with Crippen molar-refractivity contribution < 1.29 is 12.6 Å². The van der Waals surface area contributed by atoms with E-state index < -0.39 is 10.1 Å². The molecule has 0 saturated heterocycles. The summed E-state index contributed by atoms with van der Waals surface area (Å²) in [7, 11) is -3.29. The van der Waals surface area contributed by atoms with Crippen molar-refractivity contribution in [3.05, 3.63) is 0 Å². The van der Waals surface area contributed by atoms with Crippen molar-refractivity contribution in [1.82, 2.24) is 0 Å². The molecule has 0 aliphatic carbocycles. The molecule has 3 nitrogen and oxygen atoms in total. The largest absolute Gasteiger partial charge is 0.270 e. The van der Waals surface area contributed by atoms with Gasteiger partial charge in [0.05, 0.1) is 12.9 Å². The fourth-order valence-electron chi connectivity index (χ4n) is 1.43. The lowest BCUT2D eigenvalue weighted by molar-refractivity contribution is 0.160. The van der Waals surface area contributed by atoms with Crippen LogP contribution in [0, 0.1) is 11.3 Å². The van der Waals surface area contributed by atoms with Crippen LogP contribution >= 0.6 is 0 Å². The zero-order valence-electron chi connectivity index (χ0n) is 9.12. The van der Waals surface area contributed by atoms with Gasteiger partial charge in [0.1, 0.15) is 0 Å². The Hall–Kier alpha value is -0.0900. The molecule has 0 aliphatic heterocycles. The minimum Gasteiger partial charge on any atom is -0.270 e. The van der Waals surface area contributed by atoms with Crippen LogP contribution in [-0.2, 0) is 14.3 Å². The van der Waals surface area contributed by atoms with Gasteiger partial charge >= 0.3 is 0 Å². The smallest absolute Gasteiger partial charge is 0.264 e. The Morgan fingerprint density at radius 1 is 1.31 bits per heavy atom. The van der Waals surface area contributed by atoms with E-state index in [1.54, 1.807) is 0 Å². The van der Waals surface area contributed by atoms with Crippen molar-refractivity contribution in [2.75, 3.05) is 12.9 Å². The fraction of sp³-hybridized carbons (Fsp3) is 1.00. The van der Waals surface area contributed by atoms with E-state index in [9.17, 15) is 8.42 Å². The van der Waals surface area contributed by atoms with E-state index in [2.05, 4.69) is 13.8 Å². The van der Waals surface area contributed by atoms with E-state index in [4.69, 9.17) is 4.18 Å². The Morgan fingerprint density at radius 2 is 1.77 bits per heavy atom. The third-order valence-electron chi connectivity index (χ3n) is 1.62. The van der Waals surface area contributed by atoms with Crippen LogP contribution < -0.4 is 0 Å². The zero-order valence-corrected chi connectivity index (χ0v) is 9.94. The monoisotopic (exact) mass is 208 g/mol. The second-order valence-corrected chi connectivity index (χ2v) is 6.37. The summed E-state index contributed by atoms with van der Waals surface area (Å²) in [5.74, 6) is 0.554. The highest BCUT2D eigenvalue weighted by Gasteiger charge is 2.21. The first-order valence-electron chi connectivity index (χ1n) is 4.47. The van der Waals surface area contributed by atoms with Crippen molar-refractivity contribution in [3.8, 4) is 0 Å². The van der Waals surface area contributed by atoms with Gasteiger partial charge < -0.3 is 0 Å². The fourth-order valence-corrected chi connectivity index (χ4v) is 1.96. The van der Waals surface area contributed by atoms with E-state index in [0.29, 0.717) is 5.92 Å². The Bertz CT molecular complexity index is 240. The predicted octanol–water partition coefficient (Wildman–Crippen LogP) is 2.03. The first-order valence-corrected chi connectivity index (χ1v) is 6.28. The van der Waals surface area contributed by atoms with E-state index in [1.165, 1.54) is 0 Å². The third-order valence-corrected chi connectivity index (χ3v) is 2.17. The Kier molecular flexibility index (Phi) is 4.39. The van der Waals surface area contributed by atoms with Crippen molar-refractivity contribution in [1.29, 1.82) is 0 Å². The number of rotatable bonds is 5. The Labute approximate surface area is 81.6 Å². The quantitative estimate of drug-likeness (QED) is 0.649. The van der Waals surface area contributed by atoms with Crippen molar-refractivity contribution >= 4 is 10.1 Å². The third kappa shape index (κ3) is 8.25. The first-order chi connectivity index (χ1) is 5.62. The SMILES string of the molecule is CC(C)CC(C)(C)COS(C)(=O)=O. The molecule has 0 amide bonds. The molecule has 0 rings (SSSR count). The van der Waals surface area contributed by atoms with Crippen LogP contribution in [0.1, 0.15) is 34.1 Å². The Balaban J connectivity index is 4.04. The van der Waals surface area contributed by atoms with Gasteiger partial charge in [-0.1, -0.05) is 27.7 Å². The minimum atomic E-state index is -3.29. The lowest BCUT2D eigenvalue weighted by Crippen LogP contribution is -2.23. The zero-order chi connectivity index (χ0) is 10.7. The summed E-state index contributed by atoms with van der Waals surface area (Å²) in [6.45, 7) is 8.52. The van der Waals surface area contributed by atoms with Crippen LogP contribution in [0.5, 0.6) is 0 Å². The average molecular weight is 208 g/mol. The lowest BCUT2D eigenvalue weighted by Gasteiger charge is -2.25. The molecular weight excluding hydrogens is 188 g/mol. The molecule has 4 heteroatoms. The maximum atomic E-state index is 10.7. The topological polar surface area (TPSA) is 43.4 Å². The van der Waals surface area contributed by atoms with Gasteiger partial charge in [0.15, 0.2) is 0 Å². The molecule has 0 fully saturated rings. The van der Waals surface area contributed by atoms with Crippen molar-refractivity contribution in [2.24, 2.45) is 11.3 Å². The molecule has 0 N–H and O–H groups in total. The molecule has 0 aliphatic rings. The standard InChI is InChI=1S/C9H20O3S/c1-8(2)6-9(3,4)7-12-13(5,10)11/h8H,6-7H2,1-5H3. The second kappa shape index (κ2) is 4.42. The maximum Gasteiger partial charge on any atom is 0.264 e. The molecule has 0 aromatic heterocycles. The van der Waals surface area contributed by atoms with Crippen LogP contribution in [0.4, 0.5) is 0 Å². The highest BCUT2D eigenvalue weighted by atomic mass is 32.2. The molecule has 0 aromatic rings. The summed E-state index contributed by atoms with van der Waals surface area (Å²) >= 11 is 0. The lowest BCUT2D eigenvalue weighted by atomic mass is 9.85.